The Labute approximate surface area is 155 Å². The van der Waals surface area contributed by atoms with Gasteiger partial charge in [0.25, 0.3) is 5.91 Å². The molecule has 0 saturated heterocycles. The van der Waals surface area contributed by atoms with Crippen molar-refractivity contribution in [2.24, 2.45) is 5.73 Å². The number of hydrogen-bond acceptors (Lipinski definition) is 4. The number of hydrogen-bond donors (Lipinski definition) is 5. The molecule has 8 heteroatoms. The maximum absolute atomic E-state index is 12.1. The van der Waals surface area contributed by atoms with Crippen molar-refractivity contribution in [1.82, 2.24) is 16.0 Å². The van der Waals surface area contributed by atoms with Crippen molar-refractivity contribution in [3.05, 3.63) is 35.9 Å². The van der Waals surface area contributed by atoms with Gasteiger partial charge in [0, 0.05) is 19.6 Å². The van der Waals surface area contributed by atoms with Gasteiger partial charge >= 0.3 is 6.03 Å². The number of carbonyl (C=O) groups excluding carboxylic acids is 2. The third-order valence-corrected chi connectivity index (χ3v) is 3.81. The number of aliphatic hydroxyl groups excluding tert-OH is 1. The molecule has 6 N–H and O–H groups in total. The number of rotatable bonds is 9. The van der Waals surface area contributed by atoms with Crippen LogP contribution in [0.4, 0.5) is 4.79 Å². The Balaban J connectivity index is 0.00000576. The first-order valence-electron chi connectivity index (χ1n) is 8.20. The van der Waals surface area contributed by atoms with Crippen molar-refractivity contribution in [3.8, 4) is 0 Å². The molecule has 0 saturated carbocycles. The van der Waals surface area contributed by atoms with Crippen molar-refractivity contribution in [2.45, 2.75) is 44.4 Å². The quantitative estimate of drug-likeness (QED) is 0.417. The lowest BCUT2D eigenvalue weighted by molar-refractivity contribution is -0.131. The molecule has 0 aliphatic carbocycles. The first kappa shape index (κ1) is 23.2. The van der Waals surface area contributed by atoms with Crippen LogP contribution < -0.4 is 21.7 Å². The molecule has 142 valence electrons. The second-order valence-electron chi connectivity index (χ2n) is 5.75. The Morgan fingerprint density at radius 1 is 1.20 bits per heavy atom. The molecular formula is C17H29ClN4O3. The summed E-state index contributed by atoms with van der Waals surface area (Å²) in [4.78, 5) is 23.1. The summed E-state index contributed by atoms with van der Waals surface area (Å²) in [5.74, 6) is -0.470. The number of carbonyl (C=O) groups is 2. The van der Waals surface area contributed by atoms with E-state index in [9.17, 15) is 14.7 Å². The van der Waals surface area contributed by atoms with Crippen molar-refractivity contribution in [2.75, 3.05) is 13.6 Å². The van der Waals surface area contributed by atoms with Crippen LogP contribution in [-0.2, 0) is 4.79 Å². The Morgan fingerprint density at radius 2 is 1.84 bits per heavy atom. The smallest absolute Gasteiger partial charge is 0.314 e. The zero-order chi connectivity index (χ0) is 17.9. The molecule has 1 unspecified atom stereocenters. The van der Waals surface area contributed by atoms with Crippen LogP contribution in [0.25, 0.3) is 0 Å². The van der Waals surface area contributed by atoms with Gasteiger partial charge in [0.2, 0.25) is 0 Å². The highest BCUT2D eigenvalue weighted by Gasteiger charge is 2.23. The summed E-state index contributed by atoms with van der Waals surface area (Å²) in [6, 6.07) is 8.47. The summed E-state index contributed by atoms with van der Waals surface area (Å²) in [6.45, 7) is 2.38. The Bertz CT molecular complexity index is 516. The topological polar surface area (TPSA) is 116 Å². The summed E-state index contributed by atoms with van der Waals surface area (Å²) >= 11 is 0. The highest BCUT2D eigenvalue weighted by atomic mass is 35.5. The van der Waals surface area contributed by atoms with E-state index < -0.39 is 18.1 Å². The van der Waals surface area contributed by atoms with Crippen molar-refractivity contribution in [1.29, 1.82) is 0 Å². The molecule has 7 nitrogen and oxygen atoms in total. The summed E-state index contributed by atoms with van der Waals surface area (Å²) in [7, 11) is 1.55. The minimum atomic E-state index is -1.25. The average molecular weight is 373 g/mol. The lowest BCUT2D eigenvalue weighted by Crippen LogP contribution is -2.47. The number of amides is 3. The van der Waals surface area contributed by atoms with Gasteiger partial charge in [0.05, 0.1) is 6.04 Å². The summed E-state index contributed by atoms with van der Waals surface area (Å²) in [5.41, 5.74) is 6.85. The number of nitrogens with two attached hydrogens (primary N) is 1. The number of benzene rings is 1. The number of nitrogens with one attached hydrogen (secondary N) is 3. The van der Waals surface area contributed by atoms with E-state index in [1.54, 1.807) is 7.05 Å². The molecule has 0 bridgehead atoms. The largest absolute Gasteiger partial charge is 0.382 e. The molecule has 0 aromatic heterocycles. The molecule has 1 rings (SSSR count). The van der Waals surface area contributed by atoms with Gasteiger partial charge < -0.3 is 26.8 Å². The van der Waals surface area contributed by atoms with Crippen LogP contribution in [0.2, 0.25) is 0 Å². The second-order valence-corrected chi connectivity index (χ2v) is 5.75. The fourth-order valence-corrected chi connectivity index (χ4v) is 2.27. The van der Waals surface area contributed by atoms with E-state index in [-0.39, 0.29) is 24.5 Å². The number of urea groups is 1. The van der Waals surface area contributed by atoms with Gasteiger partial charge in [-0.2, -0.15) is 0 Å². The van der Waals surface area contributed by atoms with Crippen LogP contribution >= 0.6 is 12.4 Å². The molecule has 0 radical (unpaired) electrons. The van der Waals surface area contributed by atoms with Gasteiger partial charge in [-0.3, -0.25) is 4.79 Å². The average Bonchev–Trinajstić information content (AvgIpc) is 2.60. The van der Waals surface area contributed by atoms with Gasteiger partial charge in [-0.1, -0.05) is 36.8 Å². The minimum Gasteiger partial charge on any atom is -0.382 e. The molecule has 1 aromatic rings. The fraction of sp³-hybridized carbons (Fsp3) is 0.529. The van der Waals surface area contributed by atoms with Crippen LogP contribution in [0.3, 0.4) is 0 Å². The minimum absolute atomic E-state index is 0. The van der Waals surface area contributed by atoms with Crippen molar-refractivity contribution < 1.29 is 14.7 Å². The van der Waals surface area contributed by atoms with Crippen LogP contribution in [0, 0.1) is 0 Å². The van der Waals surface area contributed by atoms with E-state index in [2.05, 4.69) is 16.0 Å². The number of unbranched alkanes of at least 4 members (excludes halogenated alkanes) is 1. The van der Waals surface area contributed by atoms with Crippen LogP contribution in [0.1, 0.15) is 37.8 Å². The molecule has 0 aliphatic heterocycles. The molecule has 0 aliphatic rings. The summed E-state index contributed by atoms with van der Waals surface area (Å²) < 4.78 is 0. The normalized spacial score (nSPS) is 13.8. The summed E-state index contributed by atoms with van der Waals surface area (Å²) in [5, 5.41) is 17.9. The Morgan fingerprint density at radius 3 is 2.44 bits per heavy atom. The molecule has 1 aromatic carbocycles. The highest BCUT2D eigenvalue weighted by molar-refractivity contribution is 5.85. The monoisotopic (exact) mass is 372 g/mol. The third kappa shape index (κ3) is 8.72. The Kier molecular flexibility index (Phi) is 11.6. The van der Waals surface area contributed by atoms with Crippen LogP contribution in [0.5, 0.6) is 0 Å². The number of aliphatic hydroxyl groups is 1. The van der Waals surface area contributed by atoms with Gasteiger partial charge in [-0.15, -0.1) is 12.4 Å². The van der Waals surface area contributed by atoms with E-state index >= 15 is 0 Å². The molecular weight excluding hydrogens is 344 g/mol. The van der Waals surface area contributed by atoms with E-state index in [0.717, 1.165) is 12.0 Å². The van der Waals surface area contributed by atoms with E-state index in [1.165, 1.54) is 0 Å². The molecule has 0 heterocycles. The molecule has 0 spiro atoms. The zero-order valence-corrected chi connectivity index (χ0v) is 15.5. The predicted molar refractivity (Wildman–Crippen MR) is 101 cm³/mol. The van der Waals surface area contributed by atoms with Gasteiger partial charge in [-0.25, -0.2) is 4.79 Å². The van der Waals surface area contributed by atoms with Gasteiger partial charge in [0.15, 0.2) is 0 Å². The lowest BCUT2D eigenvalue weighted by atomic mass is 10.0. The first-order chi connectivity index (χ1) is 11.5. The predicted octanol–water partition coefficient (Wildman–Crippen LogP) is 1.07. The second kappa shape index (κ2) is 12.5. The van der Waals surface area contributed by atoms with E-state index in [0.29, 0.717) is 19.4 Å². The highest BCUT2D eigenvalue weighted by Crippen LogP contribution is 2.12. The fourth-order valence-electron chi connectivity index (χ4n) is 2.27. The van der Waals surface area contributed by atoms with E-state index in [4.69, 9.17) is 5.73 Å². The first-order valence-corrected chi connectivity index (χ1v) is 8.20. The molecule has 3 atom stereocenters. The van der Waals surface area contributed by atoms with E-state index in [1.807, 2.05) is 37.3 Å². The third-order valence-electron chi connectivity index (χ3n) is 3.81. The SMILES string of the molecule is CNC(=O)NCCCC[C@H](N)C(O)C(=O)N[C@H](C)c1ccccc1.Cl. The Hall–Kier alpha value is -1.83. The molecule has 3 amide bonds. The van der Waals surface area contributed by atoms with Gasteiger partial charge in [-0.05, 0) is 25.3 Å². The molecule has 25 heavy (non-hydrogen) atoms. The van der Waals surface area contributed by atoms with Crippen molar-refractivity contribution in [3.63, 3.8) is 0 Å². The molecule has 0 fully saturated rings. The van der Waals surface area contributed by atoms with Crippen LogP contribution in [-0.4, -0.2) is 42.8 Å². The standard InChI is InChI=1S/C17H28N4O3.ClH/c1-12(13-8-4-3-5-9-13)21-16(23)15(22)14(18)10-6-7-11-20-17(24)19-2;/h3-5,8-9,12,14-15,22H,6-7,10-11,18H2,1-2H3,(H,21,23)(H2,19,20,24);1H/t12-,14+,15?;/m1./s1. The maximum Gasteiger partial charge on any atom is 0.314 e. The van der Waals surface area contributed by atoms with Crippen molar-refractivity contribution >= 4 is 24.3 Å². The number of halogens is 1. The lowest BCUT2D eigenvalue weighted by Gasteiger charge is -2.21. The maximum atomic E-state index is 12.1. The van der Waals surface area contributed by atoms with Crippen LogP contribution in [0.15, 0.2) is 30.3 Å². The zero-order valence-electron chi connectivity index (χ0n) is 14.7. The van der Waals surface area contributed by atoms with Gasteiger partial charge in [0.1, 0.15) is 6.10 Å². The summed E-state index contributed by atoms with van der Waals surface area (Å²) in [6.07, 6.45) is 0.701.